The fourth-order valence-electron chi connectivity index (χ4n) is 3.52. The number of likely N-dealkylation sites (tertiary alicyclic amines) is 1. The second kappa shape index (κ2) is 11.5. The van der Waals surface area contributed by atoms with E-state index in [2.05, 4.69) is 39.5 Å². The smallest absolute Gasteiger partial charge is 0.191 e. The van der Waals surface area contributed by atoms with E-state index in [1.807, 2.05) is 7.05 Å². The summed E-state index contributed by atoms with van der Waals surface area (Å²) in [6.45, 7) is 7.16. The van der Waals surface area contributed by atoms with Gasteiger partial charge in [0.25, 0.3) is 0 Å². The molecule has 2 aliphatic heterocycles. The third-order valence-corrected chi connectivity index (χ3v) is 5.35. The second-order valence-electron chi connectivity index (χ2n) is 6.99. The summed E-state index contributed by atoms with van der Waals surface area (Å²) in [7, 11) is 6.18. The fourth-order valence-corrected chi connectivity index (χ4v) is 3.52. The van der Waals surface area contributed by atoms with E-state index in [1.54, 1.807) is 0 Å². The molecule has 2 rings (SSSR count). The van der Waals surface area contributed by atoms with E-state index < -0.39 is 0 Å². The first-order valence-corrected chi connectivity index (χ1v) is 9.08. The van der Waals surface area contributed by atoms with Crippen LogP contribution < -0.4 is 10.6 Å². The quantitative estimate of drug-likeness (QED) is 0.362. The number of nitrogens with zero attached hydrogens (tertiary/aromatic N) is 3. The normalized spacial score (nSPS) is 22.1. The molecular weight excluding hydrogens is 417 g/mol. The molecule has 24 heavy (non-hydrogen) atoms. The van der Waals surface area contributed by atoms with Crippen LogP contribution >= 0.6 is 24.0 Å². The first-order valence-electron chi connectivity index (χ1n) is 9.08. The van der Waals surface area contributed by atoms with Gasteiger partial charge in [-0.1, -0.05) is 6.42 Å². The Morgan fingerprint density at radius 2 is 1.79 bits per heavy atom. The summed E-state index contributed by atoms with van der Waals surface area (Å²) in [5.74, 6) is 0.912. The van der Waals surface area contributed by atoms with Gasteiger partial charge in [-0.15, -0.1) is 24.0 Å². The van der Waals surface area contributed by atoms with Gasteiger partial charge in [-0.2, -0.15) is 0 Å². The van der Waals surface area contributed by atoms with Gasteiger partial charge in [0.2, 0.25) is 0 Å². The largest absolute Gasteiger partial charge is 0.381 e. The maximum atomic E-state index is 5.53. The van der Waals surface area contributed by atoms with Crippen LogP contribution in [0.15, 0.2) is 4.99 Å². The maximum Gasteiger partial charge on any atom is 0.191 e. The number of ether oxygens (including phenoxy) is 1. The van der Waals surface area contributed by atoms with Crippen molar-refractivity contribution in [3.63, 3.8) is 0 Å². The predicted molar refractivity (Wildman–Crippen MR) is 112 cm³/mol. The van der Waals surface area contributed by atoms with Gasteiger partial charge in [0.1, 0.15) is 0 Å². The molecular formula is C17H36IN5O. The first kappa shape index (κ1) is 21.9. The fraction of sp³-hybridized carbons (Fsp3) is 0.941. The molecule has 0 aromatic heterocycles. The molecule has 0 aliphatic carbocycles. The Kier molecular flexibility index (Phi) is 10.5. The zero-order valence-corrected chi connectivity index (χ0v) is 18.0. The number of hydrogen-bond acceptors (Lipinski definition) is 4. The summed E-state index contributed by atoms with van der Waals surface area (Å²) in [5, 5.41) is 6.98. The molecule has 0 amide bonds. The number of nitrogens with one attached hydrogen (secondary N) is 2. The molecule has 0 bridgehead atoms. The van der Waals surface area contributed by atoms with Crippen molar-refractivity contribution in [2.75, 3.05) is 67.1 Å². The lowest BCUT2D eigenvalue weighted by Crippen LogP contribution is -2.57. The van der Waals surface area contributed by atoms with Gasteiger partial charge in [-0.25, -0.2) is 0 Å². The van der Waals surface area contributed by atoms with Crippen molar-refractivity contribution in [1.29, 1.82) is 0 Å². The Balaban J connectivity index is 0.00000288. The van der Waals surface area contributed by atoms with Crippen LogP contribution in [0.3, 0.4) is 0 Å². The summed E-state index contributed by atoms with van der Waals surface area (Å²) >= 11 is 0. The van der Waals surface area contributed by atoms with Crippen molar-refractivity contribution in [1.82, 2.24) is 20.4 Å². The average molecular weight is 453 g/mol. The molecule has 2 fully saturated rings. The Bertz CT molecular complexity index is 366. The Morgan fingerprint density at radius 1 is 1.12 bits per heavy atom. The summed E-state index contributed by atoms with van der Waals surface area (Å²) in [4.78, 5) is 9.25. The molecule has 2 heterocycles. The zero-order valence-electron chi connectivity index (χ0n) is 15.6. The molecule has 0 aromatic rings. The minimum Gasteiger partial charge on any atom is -0.381 e. The molecule has 0 unspecified atom stereocenters. The van der Waals surface area contributed by atoms with Crippen LogP contribution in [0.5, 0.6) is 0 Å². The summed E-state index contributed by atoms with van der Waals surface area (Å²) in [6.07, 6.45) is 6.22. The molecule has 2 N–H and O–H groups in total. The van der Waals surface area contributed by atoms with Gasteiger partial charge >= 0.3 is 0 Å². The lowest BCUT2D eigenvalue weighted by atomic mass is 9.88. The standard InChI is InChI=1S/C17H35N5O.HI/c1-18-16(19-9-12-22-10-5-4-6-11-22)20-15-17(21(2)3)7-13-23-14-8-17;/h4-15H2,1-3H3,(H2,18,19,20);1H. The molecule has 7 heteroatoms. The van der Waals surface area contributed by atoms with Crippen LogP contribution in [0.2, 0.25) is 0 Å². The third kappa shape index (κ3) is 6.65. The van der Waals surface area contributed by atoms with E-state index in [4.69, 9.17) is 4.74 Å². The molecule has 2 aliphatic rings. The van der Waals surface area contributed by atoms with E-state index in [0.717, 1.165) is 51.6 Å². The molecule has 0 radical (unpaired) electrons. The summed E-state index contributed by atoms with van der Waals surface area (Å²) in [5.41, 5.74) is 0.169. The minimum absolute atomic E-state index is 0. The highest BCUT2D eigenvalue weighted by molar-refractivity contribution is 14.0. The van der Waals surface area contributed by atoms with E-state index in [0.29, 0.717) is 0 Å². The van der Waals surface area contributed by atoms with Crippen LogP contribution in [0, 0.1) is 0 Å². The van der Waals surface area contributed by atoms with Crippen LogP contribution in [0.4, 0.5) is 0 Å². The van der Waals surface area contributed by atoms with Crippen molar-refractivity contribution < 1.29 is 4.74 Å². The second-order valence-corrected chi connectivity index (χ2v) is 6.99. The van der Waals surface area contributed by atoms with E-state index in [-0.39, 0.29) is 29.5 Å². The van der Waals surface area contributed by atoms with Gasteiger partial charge in [-0.3, -0.25) is 4.99 Å². The SMILES string of the molecule is CN=C(NCCN1CCCCC1)NCC1(N(C)C)CCOCC1.I. The molecule has 142 valence electrons. The lowest BCUT2D eigenvalue weighted by Gasteiger charge is -2.43. The lowest BCUT2D eigenvalue weighted by molar-refractivity contribution is -0.00501. The first-order chi connectivity index (χ1) is 11.2. The summed E-state index contributed by atoms with van der Waals surface area (Å²) in [6, 6.07) is 0. The van der Waals surface area contributed by atoms with E-state index in [1.165, 1.54) is 32.4 Å². The highest BCUT2D eigenvalue weighted by Crippen LogP contribution is 2.24. The van der Waals surface area contributed by atoms with E-state index in [9.17, 15) is 0 Å². The maximum absolute atomic E-state index is 5.53. The average Bonchev–Trinajstić information content (AvgIpc) is 2.59. The van der Waals surface area contributed by atoms with Crippen molar-refractivity contribution >= 4 is 29.9 Å². The predicted octanol–water partition coefficient (Wildman–Crippen LogP) is 1.37. The number of halogens is 1. The van der Waals surface area contributed by atoms with Crippen LogP contribution in [-0.2, 0) is 4.74 Å². The molecule has 0 atom stereocenters. The van der Waals surface area contributed by atoms with Gasteiger partial charge < -0.3 is 25.2 Å². The highest BCUT2D eigenvalue weighted by Gasteiger charge is 2.34. The van der Waals surface area contributed by atoms with Crippen molar-refractivity contribution in [3.05, 3.63) is 0 Å². The third-order valence-electron chi connectivity index (χ3n) is 5.35. The van der Waals surface area contributed by atoms with Gasteiger partial charge in [0.05, 0.1) is 0 Å². The van der Waals surface area contributed by atoms with Gasteiger partial charge in [-0.05, 0) is 52.9 Å². The molecule has 0 saturated carbocycles. The van der Waals surface area contributed by atoms with Crippen molar-refractivity contribution in [3.8, 4) is 0 Å². The van der Waals surface area contributed by atoms with Crippen LogP contribution in [-0.4, -0.2) is 88.4 Å². The molecule has 0 spiro atoms. The van der Waals surface area contributed by atoms with Crippen LogP contribution in [0.1, 0.15) is 32.1 Å². The monoisotopic (exact) mass is 453 g/mol. The van der Waals surface area contributed by atoms with E-state index >= 15 is 0 Å². The number of guanidine groups is 1. The zero-order chi connectivity index (χ0) is 16.5. The Hall–Kier alpha value is -0.120. The van der Waals surface area contributed by atoms with Crippen molar-refractivity contribution in [2.45, 2.75) is 37.6 Å². The number of aliphatic imine (C=N–C) groups is 1. The van der Waals surface area contributed by atoms with Crippen LogP contribution in [0.25, 0.3) is 0 Å². The number of likely N-dealkylation sites (N-methyl/N-ethyl adjacent to an activating group) is 1. The van der Waals surface area contributed by atoms with Crippen molar-refractivity contribution in [2.24, 2.45) is 4.99 Å². The summed E-state index contributed by atoms with van der Waals surface area (Å²) < 4.78 is 5.53. The molecule has 0 aromatic carbocycles. The number of hydrogen-bond donors (Lipinski definition) is 2. The number of piperidine rings is 1. The Labute approximate surface area is 164 Å². The topological polar surface area (TPSA) is 52.1 Å². The minimum atomic E-state index is 0. The highest BCUT2D eigenvalue weighted by atomic mass is 127. The molecule has 2 saturated heterocycles. The molecule has 6 nitrogen and oxygen atoms in total. The number of rotatable bonds is 6. The Morgan fingerprint density at radius 3 is 2.38 bits per heavy atom. The van der Waals surface area contributed by atoms with Gasteiger partial charge in [0, 0.05) is 45.4 Å². The van der Waals surface area contributed by atoms with Gasteiger partial charge in [0.15, 0.2) is 5.96 Å².